The zero-order chi connectivity index (χ0) is 37.4. The van der Waals surface area contributed by atoms with Gasteiger partial charge in [0.1, 0.15) is 11.2 Å². The SMILES string of the molecule is CC(C)(C)c1cc(-c2ccc(-c3nc(-c4ccccc4)nc(-c4ccccc4C#N)n3)cc2)c2oc3c(C(C)(C)C)cc(C(C)(C)C)c4ccc1c2c43. The quantitative estimate of drug-likeness (QED) is 0.172. The molecule has 0 aliphatic heterocycles. The third kappa shape index (κ3) is 5.83. The average molecular weight is 693 g/mol. The van der Waals surface area contributed by atoms with Crippen molar-refractivity contribution in [3.05, 3.63) is 125 Å². The normalized spacial score (nSPS) is 12.6. The van der Waals surface area contributed by atoms with Crippen LogP contribution in [0.2, 0.25) is 0 Å². The molecule has 8 aromatic rings. The lowest BCUT2D eigenvalue weighted by molar-refractivity contribution is 0.561. The van der Waals surface area contributed by atoms with Gasteiger partial charge in [0.25, 0.3) is 0 Å². The van der Waals surface area contributed by atoms with Crippen LogP contribution in [0.25, 0.3) is 78.0 Å². The largest absolute Gasteiger partial charge is 0.455 e. The van der Waals surface area contributed by atoms with Crippen LogP contribution in [0.1, 0.15) is 84.6 Å². The van der Waals surface area contributed by atoms with E-state index in [0.717, 1.165) is 33.4 Å². The van der Waals surface area contributed by atoms with E-state index in [-0.39, 0.29) is 16.2 Å². The highest BCUT2D eigenvalue weighted by Gasteiger charge is 2.31. The van der Waals surface area contributed by atoms with Crippen LogP contribution < -0.4 is 0 Å². The van der Waals surface area contributed by atoms with E-state index in [1.165, 1.54) is 38.2 Å². The smallest absolute Gasteiger partial charge is 0.165 e. The van der Waals surface area contributed by atoms with Crippen molar-refractivity contribution < 1.29 is 4.42 Å². The monoisotopic (exact) mass is 692 g/mol. The molecule has 53 heavy (non-hydrogen) atoms. The molecule has 2 aromatic heterocycles. The maximum absolute atomic E-state index is 9.89. The lowest BCUT2D eigenvalue weighted by Crippen LogP contribution is -2.17. The van der Waals surface area contributed by atoms with Gasteiger partial charge in [0.2, 0.25) is 0 Å². The summed E-state index contributed by atoms with van der Waals surface area (Å²) in [7, 11) is 0. The Bertz CT molecular complexity index is 2710. The number of aromatic nitrogens is 3. The second kappa shape index (κ2) is 12.1. The Balaban J connectivity index is 1.35. The molecule has 0 fully saturated rings. The predicted octanol–water partition coefficient (Wildman–Crippen LogP) is 12.8. The van der Waals surface area contributed by atoms with Gasteiger partial charge in [-0.15, -0.1) is 0 Å². The highest BCUT2D eigenvalue weighted by atomic mass is 16.3. The number of furan rings is 1. The van der Waals surface area contributed by atoms with E-state index in [4.69, 9.17) is 19.4 Å². The third-order valence-corrected chi connectivity index (χ3v) is 10.3. The minimum atomic E-state index is -0.113. The van der Waals surface area contributed by atoms with Crippen molar-refractivity contribution >= 4 is 32.7 Å². The summed E-state index contributed by atoms with van der Waals surface area (Å²) >= 11 is 0. The van der Waals surface area contributed by atoms with Crippen LogP contribution in [0.15, 0.2) is 108 Å². The Labute approximate surface area is 311 Å². The molecule has 8 rings (SSSR count). The van der Waals surface area contributed by atoms with Gasteiger partial charge in [-0.05, 0) is 61.9 Å². The van der Waals surface area contributed by atoms with Gasteiger partial charge in [0.15, 0.2) is 17.5 Å². The van der Waals surface area contributed by atoms with Gasteiger partial charge in [0.05, 0.1) is 11.6 Å². The van der Waals surface area contributed by atoms with E-state index in [1.54, 1.807) is 6.07 Å². The van der Waals surface area contributed by atoms with Crippen molar-refractivity contribution in [3.8, 4) is 51.4 Å². The van der Waals surface area contributed by atoms with Crippen molar-refractivity contribution in [2.45, 2.75) is 78.6 Å². The highest BCUT2D eigenvalue weighted by molar-refractivity contribution is 6.26. The Hall–Kier alpha value is -5.86. The molecule has 262 valence electrons. The third-order valence-electron chi connectivity index (χ3n) is 10.3. The second-order valence-corrected chi connectivity index (χ2v) is 17.3. The Morgan fingerprint density at radius 2 is 0.962 bits per heavy atom. The van der Waals surface area contributed by atoms with Crippen LogP contribution in [0, 0.1) is 11.3 Å². The first-order valence-electron chi connectivity index (χ1n) is 18.3. The number of nitrogens with zero attached hydrogens (tertiary/aromatic N) is 4. The number of benzene rings is 6. The zero-order valence-corrected chi connectivity index (χ0v) is 32.0. The van der Waals surface area contributed by atoms with Crippen LogP contribution in [0.3, 0.4) is 0 Å². The molecular weight excluding hydrogens is 649 g/mol. The highest BCUT2D eigenvalue weighted by Crippen LogP contribution is 2.50. The number of hydrogen-bond acceptors (Lipinski definition) is 5. The first kappa shape index (κ1) is 34.2. The van der Waals surface area contributed by atoms with Crippen LogP contribution in [0.4, 0.5) is 0 Å². The summed E-state index contributed by atoms with van der Waals surface area (Å²) in [5.41, 5.74) is 10.6. The molecule has 0 aliphatic rings. The molecule has 0 bridgehead atoms. The summed E-state index contributed by atoms with van der Waals surface area (Å²) in [4.78, 5) is 14.7. The molecule has 5 heteroatoms. The first-order valence-corrected chi connectivity index (χ1v) is 18.3. The molecule has 0 aliphatic carbocycles. The zero-order valence-electron chi connectivity index (χ0n) is 32.0. The van der Waals surface area contributed by atoms with E-state index in [1.807, 2.05) is 48.5 Å². The standard InChI is InChI=1S/C48H44N4O/c1-46(2,3)36-25-35(41-39-33(36)23-24-34-37(47(4,5)6)26-38(48(7,8)9)42(53-41)40(34)39)28-19-21-30(22-20-28)44-50-43(29-15-11-10-12-16-29)51-45(52-44)32-18-14-13-17-31(32)27-49/h10-26H,1-9H3. The fraction of sp³-hybridized carbons (Fsp3) is 0.250. The lowest BCUT2D eigenvalue weighted by atomic mass is 9.76. The molecular formula is C48H44N4O. The summed E-state index contributed by atoms with van der Waals surface area (Å²) in [5.74, 6) is 1.56. The van der Waals surface area contributed by atoms with Gasteiger partial charge in [-0.1, -0.05) is 147 Å². The molecule has 2 heterocycles. The van der Waals surface area contributed by atoms with Crippen molar-refractivity contribution in [1.29, 1.82) is 5.26 Å². The molecule has 0 amide bonds. The molecule has 0 atom stereocenters. The lowest BCUT2D eigenvalue weighted by Gasteiger charge is -2.27. The van der Waals surface area contributed by atoms with Crippen LogP contribution in [0.5, 0.6) is 0 Å². The maximum atomic E-state index is 9.89. The Kier molecular flexibility index (Phi) is 7.82. The Morgan fingerprint density at radius 3 is 1.55 bits per heavy atom. The van der Waals surface area contributed by atoms with Crippen molar-refractivity contribution in [2.24, 2.45) is 0 Å². The maximum Gasteiger partial charge on any atom is 0.165 e. The van der Waals surface area contributed by atoms with Gasteiger partial charge in [-0.2, -0.15) is 5.26 Å². The number of nitriles is 1. The van der Waals surface area contributed by atoms with Gasteiger partial charge in [-0.3, -0.25) is 0 Å². The molecule has 6 aromatic carbocycles. The fourth-order valence-electron chi connectivity index (χ4n) is 7.61. The van der Waals surface area contributed by atoms with E-state index < -0.39 is 0 Å². The van der Waals surface area contributed by atoms with Crippen molar-refractivity contribution in [3.63, 3.8) is 0 Å². The fourth-order valence-corrected chi connectivity index (χ4v) is 7.61. The summed E-state index contributed by atoms with van der Waals surface area (Å²) in [6.07, 6.45) is 0. The summed E-state index contributed by atoms with van der Waals surface area (Å²) < 4.78 is 7.10. The molecule has 0 N–H and O–H groups in total. The topological polar surface area (TPSA) is 75.6 Å². The van der Waals surface area contributed by atoms with E-state index in [9.17, 15) is 5.26 Å². The van der Waals surface area contributed by atoms with Crippen LogP contribution in [-0.2, 0) is 16.2 Å². The number of rotatable bonds is 4. The second-order valence-electron chi connectivity index (χ2n) is 17.3. The van der Waals surface area contributed by atoms with Crippen molar-refractivity contribution in [1.82, 2.24) is 15.0 Å². The average Bonchev–Trinajstić information content (AvgIpc) is 3.53. The minimum absolute atomic E-state index is 0.0405. The summed E-state index contributed by atoms with van der Waals surface area (Å²) in [5, 5.41) is 14.8. The van der Waals surface area contributed by atoms with Gasteiger partial charge in [-0.25, -0.2) is 15.0 Å². The minimum Gasteiger partial charge on any atom is -0.455 e. The first-order chi connectivity index (χ1) is 25.1. The summed E-state index contributed by atoms with van der Waals surface area (Å²) in [6.45, 7) is 20.6. The van der Waals surface area contributed by atoms with Crippen LogP contribution >= 0.6 is 0 Å². The molecule has 5 nitrogen and oxygen atoms in total. The molecule has 0 unspecified atom stereocenters. The van der Waals surface area contributed by atoms with Gasteiger partial charge in [0, 0.05) is 38.6 Å². The Morgan fingerprint density at radius 1 is 0.472 bits per heavy atom. The molecule has 0 saturated carbocycles. The van der Waals surface area contributed by atoms with Gasteiger partial charge >= 0.3 is 0 Å². The number of hydrogen-bond donors (Lipinski definition) is 0. The predicted molar refractivity (Wildman–Crippen MR) is 218 cm³/mol. The van der Waals surface area contributed by atoms with E-state index >= 15 is 0 Å². The molecule has 0 radical (unpaired) electrons. The van der Waals surface area contributed by atoms with E-state index in [0.29, 0.717) is 28.6 Å². The molecule has 0 spiro atoms. The van der Waals surface area contributed by atoms with E-state index in [2.05, 4.69) is 117 Å². The molecule has 0 saturated heterocycles. The van der Waals surface area contributed by atoms with Crippen molar-refractivity contribution in [2.75, 3.05) is 0 Å². The van der Waals surface area contributed by atoms with Gasteiger partial charge < -0.3 is 4.42 Å². The van der Waals surface area contributed by atoms with Crippen LogP contribution in [-0.4, -0.2) is 15.0 Å². The summed E-state index contributed by atoms with van der Waals surface area (Å²) in [6, 6.07) is 37.4.